The molecule has 0 aromatic rings. The van der Waals surface area contributed by atoms with Gasteiger partial charge in [0.05, 0.1) is 18.7 Å². The summed E-state index contributed by atoms with van der Waals surface area (Å²) in [5, 5.41) is 12.1. The number of amides is 1. The smallest absolute Gasteiger partial charge is 0.234 e. The molecule has 21 heavy (non-hydrogen) atoms. The van der Waals surface area contributed by atoms with Crippen molar-refractivity contribution in [1.82, 2.24) is 15.1 Å². The highest BCUT2D eigenvalue weighted by atomic mass is 16.5. The number of rotatable bonds is 9. The summed E-state index contributed by atoms with van der Waals surface area (Å²) in [6.45, 7) is 7.34. The van der Waals surface area contributed by atoms with Gasteiger partial charge in [-0.2, -0.15) is 5.26 Å². The van der Waals surface area contributed by atoms with Crippen molar-refractivity contribution in [2.45, 2.75) is 32.2 Å². The lowest BCUT2D eigenvalue weighted by molar-refractivity contribution is -0.122. The Kier molecular flexibility index (Phi) is 8.99. The van der Waals surface area contributed by atoms with Crippen LogP contribution in [-0.4, -0.2) is 74.7 Å². The molecule has 1 rings (SSSR count). The molecule has 1 fully saturated rings. The van der Waals surface area contributed by atoms with E-state index < -0.39 is 0 Å². The van der Waals surface area contributed by atoms with Gasteiger partial charge in [-0.1, -0.05) is 13.3 Å². The molecule has 1 atom stereocenters. The summed E-state index contributed by atoms with van der Waals surface area (Å²) in [5.41, 5.74) is 0. The lowest BCUT2D eigenvalue weighted by atomic mass is 10.1. The summed E-state index contributed by atoms with van der Waals surface area (Å²) in [6, 6.07) is 2.41. The number of hydrogen-bond donors (Lipinski definition) is 1. The number of hydrogen-bond acceptors (Lipinski definition) is 5. The van der Waals surface area contributed by atoms with E-state index in [9.17, 15) is 10.1 Å². The van der Waals surface area contributed by atoms with Crippen molar-refractivity contribution in [2.75, 3.05) is 53.0 Å². The van der Waals surface area contributed by atoms with Crippen molar-refractivity contribution < 1.29 is 9.53 Å². The summed E-state index contributed by atoms with van der Waals surface area (Å²) in [5.74, 6) is 0.0740. The van der Waals surface area contributed by atoms with Gasteiger partial charge in [0.25, 0.3) is 0 Å². The van der Waals surface area contributed by atoms with E-state index in [0.29, 0.717) is 19.7 Å². The van der Waals surface area contributed by atoms with Crippen LogP contribution in [0.3, 0.4) is 0 Å². The molecular formula is C15H28N4O2. The maximum absolute atomic E-state index is 11.8. The highest BCUT2D eigenvalue weighted by Gasteiger charge is 2.23. The van der Waals surface area contributed by atoms with Crippen molar-refractivity contribution in [3.63, 3.8) is 0 Å². The molecule has 120 valence electrons. The van der Waals surface area contributed by atoms with Gasteiger partial charge >= 0.3 is 0 Å². The van der Waals surface area contributed by atoms with E-state index in [1.807, 2.05) is 0 Å². The second kappa shape index (κ2) is 10.6. The fourth-order valence-corrected chi connectivity index (χ4v) is 2.54. The Morgan fingerprint density at radius 3 is 2.67 bits per heavy atom. The molecule has 0 saturated carbocycles. The van der Waals surface area contributed by atoms with Gasteiger partial charge in [-0.05, 0) is 12.8 Å². The Labute approximate surface area is 128 Å². The van der Waals surface area contributed by atoms with Gasteiger partial charge in [0, 0.05) is 46.4 Å². The van der Waals surface area contributed by atoms with Crippen molar-refractivity contribution >= 4 is 5.91 Å². The summed E-state index contributed by atoms with van der Waals surface area (Å²) >= 11 is 0. The van der Waals surface area contributed by atoms with E-state index in [-0.39, 0.29) is 11.9 Å². The van der Waals surface area contributed by atoms with Crippen LogP contribution in [0.4, 0.5) is 0 Å². The fourth-order valence-electron chi connectivity index (χ4n) is 2.54. The van der Waals surface area contributed by atoms with Crippen LogP contribution < -0.4 is 5.32 Å². The van der Waals surface area contributed by atoms with Crippen LogP contribution >= 0.6 is 0 Å². The zero-order valence-corrected chi connectivity index (χ0v) is 13.3. The van der Waals surface area contributed by atoms with E-state index in [4.69, 9.17) is 4.74 Å². The molecule has 1 amide bonds. The average Bonchev–Trinajstić information content (AvgIpc) is 2.50. The predicted molar refractivity (Wildman–Crippen MR) is 81.8 cm³/mol. The molecule has 1 aliphatic heterocycles. The Balaban J connectivity index is 2.20. The van der Waals surface area contributed by atoms with E-state index >= 15 is 0 Å². The number of carbonyl (C=O) groups excluding carboxylic acids is 1. The number of methoxy groups -OCH3 is 1. The first-order chi connectivity index (χ1) is 10.2. The molecular weight excluding hydrogens is 268 g/mol. The maximum atomic E-state index is 11.8. The SMILES string of the molecule is CCCC(C#N)N1CCN(CC(=O)NCCCOC)CC1. The van der Waals surface area contributed by atoms with Gasteiger partial charge in [0.1, 0.15) is 0 Å². The molecule has 1 saturated heterocycles. The molecule has 0 spiro atoms. The highest BCUT2D eigenvalue weighted by Crippen LogP contribution is 2.10. The van der Waals surface area contributed by atoms with Crippen LogP contribution in [0.15, 0.2) is 0 Å². The molecule has 0 bridgehead atoms. The second-order valence-electron chi connectivity index (χ2n) is 5.44. The van der Waals surface area contributed by atoms with Gasteiger partial charge in [0.15, 0.2) is 0 Å². The molecule has 0 aromatic heterocycles. The quantitative estimate of drug-likeness (QED) is 0.626. The highest BCUT2D eigenvalue weighted by molar-refractivity contribution is 5.77. The summed E-state index contributed by atoms with van der Waals surface area (Å²) in [6.07, 6.45) is 2.80. The minimum atomic E-state index is 0.0278. The Morgan fingerprint density at radius 2 is 2.10 bits per heavy atom. The molecule has 0 aromatic carbocycles. The normalized spacial score (nSPS) is 18.1. The first-order valence-corrected chi connectivity index (χ1v) is 7.83. The monoisotopic (exact) mass is 296 g/mol. The zero-order valence-electron chi connectivity index (χ0n) is 13.3. The first kappa shape index (κ1) is 17.9. The molecule has 1 unspecified atom stereocenters. The van der Waals surface area contributed by atoms with Crippen LogP contribution in [-0.2, 0) is 9.53 Å². The Morgan fingerprint density at radius 1 is 1.38 bits per heavy atom. The van der Waals surface area contributed by atoms with E-state index in [2.05, 4.69) is 28.1 Å². The van der Waals surface area contributed by atoms with E-state index in [1.165, 1.54) is 0 Å². The second-order valence-corrected chi connectivity index (χ2v) is 5.44. The molecule has 0 radical (unpaired) electrons. The minimum absolute atomic E-state index is 0.0278. The van der Waals surface area contributed by atoms with Gasteiger partial charge < -0.3 is 10.1 Å². The standard InChI is InChI=1S/C15H28N4O2/c1-3-5-14(12-16)19-9-7-18(8-10-19)13-15(20)17-6-4-11-21-2/h14H,3-11,13H2,1-2H3,(H,17,20). The molecule has 1 N–H and O–H groups in total. The summed E-state index contributed by atoms with van der Waals surface area (Å²) < 4.78 is 4.94. The zero-order chi connectivity index (χ0) is 15.5. The molecule has 6 nitrogen and oxygen atoms in total. The third-order valence-corrected chi connectivity index (χ3v) is 3.77. The van der Waals surface area contributed by atoms with Gasteiger partial charge in [-0.3, -0.25) is 14.6 Å². The number of nitrogens with zero attached hydrogens (tertiary/aromatic N) is 3. The molecule has 1 heterocycles. The number of nitrogens with one attached hydrogen (secondary N) is 1. The van der Waals surface area contributed by atoms with Crippen molar-refractivity contribution in [3.8, 4) is 6.07 Å². The fraction of sp³-hybridized carbons (Fsp3) is 0.867. The third-order valence-electron chi connectivity index (χ3n) is 3.77. The van der Waals surface area contributed by atoms with Crippen LogP contribution in [0, 0.1) is 11.3 Å². The topological polar surface area (TPSA) is 68.6 Å². The molecule has 0 aliphatic carbocycles. The predicted octanol–water partition coefficient (Wildman–Crippen LogP) is 0.449. The molecule has 1 aliphatic rings. The largest absolute Gasteiger partial charge is 0.385 e. The number of ether oxygens (including phenoxy) is 1. The minimum Gasteiger partial charge on any atom is -0.385 e. The van der Waals surface area contributed by atoms with Gasteiger partial charge in [-0.25, -0.2) is 0 Å². The first-order valence-electron chi connectivity index (χ1n) is 7.83. The van der Waals surface area contributed by atoms with Crippen molar-refractivity contribution in [3.05, 3.63) is 0 Å². The van der Waals surface area contributed by atoms with Crippen LogP contribution in [0.5, 0.6) is 0 Å². The van der Waals surface area contributed by atoms with Crippen LogP contribution in [0.2, 0.25) is 0 Å². The van der Waals surface area contributed by atoms with Gasteiger partial charge in [0.2, 0.25) is 5.91 Å². The van der Waals surface area contributed by atoms with Crippen molar-refractivity contribution in [1.29, 1.82) is 5.26 Å². The summed E-state index contributed by atoms with van der Waals surface area (Å²) in [4.78, 5) is 16.2. The maximum Gasteiger partial charge on any atom is 0.234 e. The molecule has 6 heteroatoms. The number of nitriles is 1. The van der Waals surface area contributed by atoms with Crippen LogP contribution in [0.1, 0.15) is 26.2 Å². The van der Waals surface area contributed by atoms with E-state index in [0.717, 1.165) is 45.4 Å². The van der Waals surface area contributed by atoms with Crippen molar-refractivity contribution in [2.24, 2.45) is 0 Å². The van der Waals surface area contributed by atoms with Crippen LogP contribution in [0.25, 0.3) is 0 Å². The van der Waals surface area contributed by atoms with Gasteiger partial charge in [-0.15, -0.1) is 0 Å². The lowest BCUT2D eigenvalue weighted by Gasteiger charge is -2.36. The van der Waals surface area contributed by atoms with E-state index in [1.54, 1.807) is 7.11 Å². The Hall–Kier alpha value is -1.16. The Bertz CT molecular complexity index is 335. The third kappa shape index (κ3) is 6.89. The number of piperazine rings is 1. The lowest BCUT2D eigenvalue weighted by Crippen LogP contribution is -2.52. The number of carbonyl (C=O) groups is 1. The average molecular weight is 296 g/mol. The summed E-state index contributed by atoms with van der Waals surface area (Å²) in [7, 11) is 1.66.